The van der Waals surface area contributed by atoms with Gasteiger partial charge in [-0.15, -0.1) is 0 Å². The fourth-order valence-corrected chi connectivity index (χ4v) is 2.04. The van der Waals surface area contributed by atoms with Crippen molar-refractivity contribution in [3.8, 4) is 0 Å². The minimum Gasteiger partial charge on any atom is -0.373 e. The van der Waals surface area contributed by atoms with Crippen molar-refractivity contribution in [1.29, 1.82) is 0 Å². The molecule has 0 atom stereocenters. The number of carbonyl (C=O) groups excluding carboxylic acids is 1. The molecule has 1 aliphatic carbocycles. The molecule has 0 aromatic rings. The third-order valence-corrected chi connectivity index (χ3v) is 3.29. The first-order chi connectivity index (χ1) is 8.59. The van der Waals surface area contributed by atoms with E-state index in [2.05, 4.69) is 0 Å². The van der Waals surface area contributed by atoms with Crippen molar-refractivity contribution in [3.05, 3.63) is 23.3 Å². The summed E-state index contributed by atoms with van der Waals surface area (Å²) >= 11 is 0. The van der Waals surface area contributed by atoms with E-state index in [1.54, 1.807) is 41.5 Å². The average molecular weight is 290 g/mol. The Hall–Kier alpha value is -1.10. The molecule has 5 heteroatoms. The zero-order chi connectivity index (χ0) is 16.1. The van der Waals surface area contributed by atoms with E-state index in [9.17, 15) is 23.1 Å². The maximum absolute atomic E-state index is 13.1. The summed E-state index contributed by atoms with van der Waals surface area (Å²) in [5.74, 6) is -0.432. The number of carbonyl (C=O) groups is 1. The zero-order valence-corrected chi connectivity index (χ0v) is 12.6. The van der Waals surface area contributed by atoms with Gasteiger partial charge in [-0.2, -0.15) is 13.2 Å². The van der Waals surface area contributed by atoms with Gasteiger partial charge in [0.15, 0.2) is 11.4 Å². The van der Waals surface area contributed by atoms with Gasteiger partial charge < -0.3 is 5.11 Å². The molecular formula is C15H21F3O2. The summed E-state index contributed by atoms with van der Waals surface area (Å²) in [6.07, 6.45) is -3.57. The highest BCUT2D eigenvalue weighted by atomic mass is 19.4. The number of allylic oxidation sites excluding steroid dienone is 2. The summed E-state index contributed by atoms with van der Waals surface area (Å²) in [6.45, 7) is 9.91. The van der Waals surface area contributed by atoms with E-state index in [0.717, 1.165) is 0 Å². The number of aliphatic hydroxyl groups is 1. The molecule has 1 rings (SSSR count). The van der Waals surface area contributed by atoms with Crippen LogP contribution >= 0.6 is 0 Å². The normalized spacial score (nSPS) is 20.6. The molecular weight excluding hydrogens is 269 g/mol. The van der Waals surface area contributed by atoms with Crippen LogP contribution in [0, 0.1) is 10.8 Å². The van der Waals surface area contributed by atoms with Gasteiger partial charge in [-0.05, 0) is 23.0 Å². The molecule has 0 heterocycles. The van der Waals surface area contributed by atoms with Crippen molar-refractivity contribution in [3.63, 3.8) is 0 Å². The molecule has 0 bridgehead atoms. The monoisotopic (exact) mass is 290 g/mol. The lowest BCUT2D eigenvalue weighted by molar-refractivity contribution is -0.221. The van der Waals surface area contributed by atoms with Crippen LogP contribution in [0.1, 0.15) is 41.5 Å². The van der Waals surface area contributed by atoms with Crippen LogP contribution in [0.5, 0.6) is 0 Å². The van der Waals surface area contributed by atoms with Gasteiger partial charge in [0.25, 0.3) is 0 Å². The van der Waals surface area contributed by atoms with Gasteiger partial charge in [0, 0.05) is 11.1 Å². The van der Waals surface area contributed by atoms with Gasteiger partial charge in [-0.3, -0.25) is 4.79 Å². The molecule has 0 saturated heterocycles. The van der Waals surface area contributed by atoms with Crippen molar-refractivity contribution in [1.82, 2.24) is 0 Å². The molecule has 0 aliphatic heterocycles. The number of hydrogen-bond acceptors (Lipinski definition) is 2. The molecule has 2 nitrogen and oxygen atoms in total. The predicted molar refractivity (Wildman–Crippen MR) is 71.1 cm³/mol. The van der Waals surface area contributed by atoms with Crippen LogP contribution in [0.4, 0.5) is 13.2 Å². The smallest absolute Gasteiger partial charge is 0.373 e. The van der Waals surface area contributed by atoms with E-state index in [1.807, 2.05) is 0 Å². The van der Waals surface area contributed by atoms with E-state index in [1.165, 1.54) is 0 Å². The van der Waals surface area contributed by atoms with Crippen molar-refractivity contribution in [2.75, 3.05) is 0 Å². The Morgan fingerprint density at radius 2 is 1.20 bits per heavy atom. The Morgan fingerprint density at radius 1 is 0.900 bits per heavy atom. The van der Waals surface area contributed by atoms with E-state index < -0.39 is 28.4 Å². The summed E-state index contributed by atoms with van der Waals surface area (Å²) < 4.78 is 39.4. The first-order valence-corrected chi connectivity index (χ1v) is 6.40. The molecule has 0 unspecified atom stereocenters. The van der Waals surface area contributed by atoms with Crippen LogP contribution in [0.2, 0.25) is 0 Å². The molecule has 1 N–H and O–H groups in total. The predicted octanol–water partition coefficient (Wildman–Crippen LogP) is 3.81. The molecule has 0 aromatic heterocycles. The molecule has 0 aromatic carbocycles. The van der Waals surface area contributed by atoms with Gasteiger partial charge in [0.2, 0.25) is 0 Å². The Morgan fingerprint density at radius 3 is 1.40 bits per heavy atom. The van der Waals surface area contributed by atoms with Crippen molar-refractivity contribution in [2.45, 2.75) is 53.3 Å². The lowest BCUT2D eigenvalue weighted by atomic mass is 9.69. The molecule has 114 valence electrons. The van der Waals surface area contributed by atoms with Crippen molar-refractivity contribution >= 4 is 5.78 Å². The third-order valence-electron chi connectivity index (χ3n) is 3.29. The molecule has 1 aliphatic rings. The fraction of sp³-hybridized carbons (Fsp3) is 0.667. The number of hydrogen-bond donors (Lipinski definition) is 1. The number of Topliss-reactive ketones (excluding diaryl/α,β-unsaturated/α-hetero) is 1. The summed E-state index contributed by atoms with van der Waals surface area (Å²) in [5.41, 5.74) is -4.66. The summed E-state index contributed by atoms with van der Waals surface area (Å²) in [6, 6.07) is 0. The topological polar surface area (TPSA) is 37.3 Å². The quantitative estimate of drug-likeness (QED) is 0.736. The highest BCUT2D eigenvalue weighted by Gasteiger charge is 2.55. The highest BCUT2D eigenvalue weighted by Crippen LogP contribution is 2.45. The molecule has 0 radical (unpaired) electrons. The SMILES string of the molecule is CC(C)(C)C1=CC(O)(C(F)(F)F)C=C(C(C)(C)C)C1=O. The number of alkyl halides is 3. The summed E-state index contributed by atoms with van der Waals surface area (Å²) in [5, 5.41) is 9.96. The molecule has 0 saturated carbocycles. The van der Waals surface area contributed by atoms with Gasteiger partial charge in [-0.1, -0.05) is 41.5 Å². The zero-order valence-electron chi connectivity index (χ0n) is 12.6. The minimum atomic E-state index is -4.86. The molecule has 20 heavy (non-hydrogen) atoms. The first-order valence-electron chi connectivity index (χ1n) is 6.40. The average Bonchev–Trinajstić information content (AvgIpc) is 2.16. The van der Waals surface area contributed by atoms with Crippen LogP contribution in [-0.2, 0) is 4.79 Å². The Labute approximate surface area is 117 Å². The lowest BCUT2D eigenvalue weighted by Crippen LogP contribution is -2.47. The Balaban J connectivity index is 3.58. The van der Waals surface area contributed by atoms with Crippen LogP contribution in [0.15, 0.2) is 23.3 Å². The largest absolute Gasteiger partial charge is 0.424 e. The number of rotatable bonds is 0. The van der Waals surface area contributed by atoms with Crippen molar-refractivity contribution < 1.29 is 23.1 Å². The van der Waals surface area contributed by atoms with Crippen LogP contribution in [0.3, 0.4) is 0 Å². The Kier molecular flexibility index (Phi) is 3.77. The molecule has 0 amide bonds. The standard InChI is InChI=1S/C15H21F3O2/c1-12(2,3)9-7-14(20,15(16,17)18)8-10(11(9)19)13(4,5)6/h7-8,20H,1-6H3. The second-order valence-corrected chi connectivity index (χ2v) is 7.27. The van der Waals surface area contributed by atoms with Gasteiger partial charge in [0.1, 0.15) is 0 Å². The second-order valence-electron chi connectivity index (χ2n) is 7.27. The van der Waals surface area contributed by atoms with Crippen LogP contribution in [0.25, 0.3) is 0 Å². The number of ketones is 1. The highest BCUT2D eigenvalue weighted by molar-refractivity contribution is 6.11. The maximum atomic E-state index is 13.1. The van der Waals surface area contributed by atoms with E-state index in [4.69, 9.17) is 0 Å². The fourth-order valence-electron chi connectivity index (χ4n) is 2.04. The van der Waals surface area contributed by atoms with Gasteiger partial charge >= 0.3 is 6.18 Å². The summed E-state index contributed by atoms with van der Waals surface area (Å²) in [7, 11) is 0. The van der Waals surface area contributed by atoms with E-state index in [-0.39, 0.29) is 11.1 Å². The number of halogens is 3. The third kappa shape index (κ3) is 2.97. The van der Waals surface area contributed by atoms with Gasteiger partial charge in [0.05, 0.1) is 0 Å². The lowest BCUT2D eigenvalue weighted by Gasteiger charge is -2.37. The van der Waals surface area contributed by atoms with Crippen molar-refractivity contribution in [2.24, 2.45) is 10.8 Å². The first kappa shape index (κ1) is 17.0. The second kappa shape index (κ2) is 4.45. The summed E-state index contributed by atoms with van der Waals surface area (Å²) in [4.78, 5) is 12.4. The molecule has 0 spiro atoms. The van der Waals surface area contributed by atoms with Gasteiger partial charge in [-0.25, -0.2) is 0 Å². The van der Waals surface area contributed by atoms with Crippen LogP contribution in [-0.4, -0.2) is 22.7 Å². The Bertz CT molecular complexity index is 449. The minimum absolute atomic E-state index is 0.00949. The van der Waals surface area contributed by atoms with E-state index in [0.29, 0.717) is 12.2 Å². The van der Waals surface area contributed by atoms with Crippen LogP contribution < -0.4 is 0 Å². The molecule has 0 fully saturated rings. The maximum Gasteiger partial charge on any atom is 0.424 e. The van der Waals surface area contributed by atoms with E-state index >= 15 is 0 Å².